The van der Waals surface area contributed by atoms with Crippen molar-refractivity contribution in [1.82, 2.24) is 0 Å². The highest BCUT2D eigenvalue weighted by atomic mass is 16.6. The maximum absolute atomic E-state index is 10.4. The lowest BCUT2D eigenvalue weighted by Gasteiger charge is -1.91. The fourth-order valence-electron chi connectivity index (χ4n) is 0.851. The van der Waals surface area contributed by atoms with Crippen molar-refractivity contribution in [1.29, 1.82) is 0 Å². The minimum Gasteiger partial charge on any atom is -0.258 e. The molecule has 0 atom stereocenters. The quantitative estimate of drug-likeness (QED) is 0.432. The molecule has 0 aliphatic carbocycles. The highest BCUT2D eigenvalue weighted by Crippen LogP contribution is 2.16. The second kappa shape index (κ2) is 5.02. The van der Waals surface area contributed by atoms with Gasteiger partial charge in [0.2, 0.25) is 0 Å². The minimum atomic E-state index is -0.449. The lowest BCUT2D eigenvalue weighted by Crippen LogP contribution is -1.86. The molecular weight excluding hydrogens is 194 g/mol. The fraction of sp³-hybridized carbons (Fsp3) is 0.300. The maximum Gasteiger partial charge on any atom is 0.269 e. The van der Waals surface area contributed by atoms with E-state index < -0.39 is 4.92 Å². The van der Waals surface area contributed by atoms with Gasteiger partial charge in [0.25, 0.3) is 5.69 Å². The van der Waals surface area contributed by atoms with E-state index in [1.807, 2.05) is 13.8 Å². The zero-order valence-corrected chi connectivity index (χ0v) is 8.54. The number of hydrogen-bond donors (Lipinski definition) is 0. The van der Waals surface area contributed by atoms with E-state index in [0.717, 1.165) is 0 Å². The summed E-state index contributed by atoms with van der Waals surface area (Å²) >= 11 is 0. The summed E-state index contributed by atoms with van der Waals surface area (Å²) in [6, 6.07) is 8.59. The third-order valence-electron chi connectivity index (χ3n) is 1.56. The van der Waals surface area contributed by atoms with E-state index in [4.69, 9.17) is 0 Å². The topological polar surface area (TPSA) is 67.9 Å². The van der Waals surface area contributed by atoms with Crippen molar-refractivity contribution in [2.24, 2.45) is 9.98 Å². The van der Waals surface area contributed by atoms with E-state index in [2.05, 4.69) is 16.0 Å². The van der Waals surface area contributed by atoms with Gasteiger partial charge < -0.3 is 0 Å². The van der Waals surface area contributed by atoms with Crippen molar-refractivity contribution in [2.45, 2.75) is 19.9 Å². The summed E-state index contributed by atoms with van der Waals surface area (Å²) in [5.41, 5.74) is 0.653. The van der Waals surface area contributed by atoms with Gasteiger partial charge in [-0.1, -0.05) is 0 Å². The first kappa shape index (κ1) is 11.1. The molecule has 0 amide bonds. The molecule has 5 nitrogen and oxygen atoms in total. The van der Waals surface area contributed by atoms with Crippen molar-refractivity contribution in [2.75, 3.05) is 0 Å². The van der Waals surface area contributed by atoms with Crippen LogP contribution in [0, 0.1) is 10.1 Å². The van der Waals surface area contributed by atoms with Crippen LogP contribution >= 0.6 is 0 Å². The average Bonchev–Trinajstić information content (AvgIpc) is 2.18. The molecule has 0 aliphatic rings. The van der Waals surface area contributed by atoms with Crippen molar-refractivity contribution < 1.29 is 4.92 Å². The standard InChI is InChI=1S/C10H11N3O2/c1-8(2)11-7-12-9-3-5-10(6-4-9)13(14)15/h3-6,8H,1-2H3. The van der Waals surface area contributed by atoms with E-state index in [9.17, 15) is 10.1 Å². The molecule has 0 spiro atoms. The molecule has 0 heterocycles. The van der Waals surface area contributed by atoms with Crippen molar-refractivity contribution in [3.05, 3.63) is 34.4 Å². The molecular formula is C10H11N3O2. The molecule has 0 bridgehead atoms. The van der Waals surface area contributed by atoms with Gasteiger partial charge in [-0.05, 0) is 26.0 Å². The Labute approximate surface area is 87.3 Å². The van der Waals surface area contributed by atoms with E-state index in [0.29, 0.717) is 5.69 Å². The summed E-state index contributed by atoms with van der Waals surface area (Å²) in [6.45, 7) is 3.83. The van der Waals surface area contributed by atoms with E-state index in [-0.39, 0.29) is 11.7 Å². The van der Waals surface area contributed by atoms with Crippen LogP contribution in [0.2, 0.25) is 0 Å². The third kappa shape index (κ3) is 3.70. The molecule has 0 aliphatic heterocycles. The molecule has 1 aromatic rings. The Bertz CT molecular complexity index is 403. The van der Waals surface area contributed by atoms with Gasteiger partial charge in [0.1, 0.15) is 0 Å². The highest BCUT2D eigenvalue weighted by molar-refractivity contribution is 5.54. The maximum atomic E-state index is 10.4. The molecule has 78 valence electrons. The summed E-state index contributed by atoms with van der Waals surface area (Å²) in [5.74, 6) is 0. The predicted octanol–water partition coefficient (Wildman–Crippen LogP) is 2.81. The first-order valence-electron chi connectivity index (χ1n) is 4.49. The Morgan fingerprint density at radius 3 is 2.40 bits per heavy atom. The van der Waals surface area contributed by atoms with E-state index >= 15 is 0 Å². The van der Waals surface area contributed by atoms with Crippen LogP contribution in [0.4, 0.5) is 11.4 Å². The molecule has 0 N–H and O–H groups in total. The molecule has 0 radical (unpaired) electrons. The molecule has 1 aromatic carbocycles. The van der Waals surface area contributed by atoms with Crippen LogP contribution in [0.25, 0.3) is 0 Å². The van der Waals surface area contributed by atoms with Gasteiger partial charge in [0.15, 0.2) is 0 Å². The van der Waals surface area contributed by atoms with Crippen molar-refractivity contribution >= 4 is 17.4 Å². The Morgan fingerprint density at radius 1 is 1.33 bits per heavy atom. The predicted molar refractivity (Wildman–Crippen MR) is 57.8 cm³/mol. The largest absolute Gasteiger partial charge is 0.269 e. The first-order chi connectivity index (χ1) is 7.09. The van der Waals surface area contributed by atoms with Gasteiger partial charge in [0, 0.05) is 12.1 Å². The Balaban J connectivity index is 2.81. The number of nitro benzene ring substituents is 1. The average molecular weight is 205 g/mol. The second-order valence-corrected chi connectivity index (χ2v) is 3.21. The van der Waals surface area contributed by atoms with Crippen molar-refractivity contribution in [3.8, 4) is 0 Å². The zero-order valence-electron chi connectivity index (χ0n) is 8.54. The Morgan fingerprint density at radius 2 is 1.93 bits per heavy atom. The SMILES string of the molecule is CC(C)N=C=Nc1ccc([N+](=O)[O-])cc1. The molecule has 0 fully saturated rings. The van der Waals surface area contributed by atoms with Gasteiger partial charge in [-0.3, -0.25) is 10.1 Å². The van der Waals surface area contributed by atoms with Gasteiger partial charge >= 0.3 is 0 Å². The molecule has 0 aromatic heterocycles. The molecule has 5 heteroatoms. The van der Waals surface area contributed by atoms with Crippen LogP contribution in [0.5, 0.6) is 0 Å². The second-order valence-electron chi connectivity index (χ2n) is 3.21. The van der Waals surface area contributed by atoms with Crippen LogP contribution < -0.4 is 0 Å². The van der Waals surface area contributed by atoms with Crippen LogP contribution in [-0.4, -0.2) is 17.0 Å². The summed E-state index contributed by atoms with van der Waals surface area (Å²) in [6.07, 6.45) is 0. The zero-order chi connectivity index (χ0) is 11.3. The summed E-state index contributed by atoms with van der Waals surface area (Å²) < 4.78 is 0. The summed E-state index contributed by atoms with van der Waals surface area (Å²) in [7, 11) is 0. The van der Waals surface area contributed by atoms with Gasteiger partial charge in [-0.25, -0.2) is 4.99 Å². The molecule has 0 saturated carbocycles. The lowest BCUT2D eigenvalue weighted by molar-refractivity contribution is -0.384. The Kier molecular flexibility index (Phi) is 3.71. The fourth-order valence-corrected chi connectivity index (χ4v) is 0.851. The highest BCUT2D eigenvalue weighted by Gasteiger charge is 2.02. The number of rotatable bonds is 3. The van der Waals surface area contributed by atoms with Gasteiger partial charge in [-0.15, -0.1) is 0 Å². The molecule has 15 heavy (non-hydrogen) atoms. The number of aliphatic imine (C=N–C) groups is 2. The van der Waals surface area contributed by atoms with Gasteiger partial charge in [0.05, 0.1) is 22.7 Å². The minimum absolute atomic E-state index is 0.0507. The van der Waals surface area contributed by atoms with Gasteiger partial charge in [-0.2, -0.15) is 4.99 Å². The molecule has 0 unspecified atom stereocenters. The van der Waals surface area contributed by atoms with Crippen LogP contribution in [-0.2, 0) is 0 Å². The summed E-state index contributed by atoms with van der Waals surface area (Å²) in [4.78, 5) is 17.7. The first-order valence-corrected chi connectivity index (χ1v) is 4.49. The van der Waals surface area contributed by atoms with Crippen LogP contribution in [0.1, 0.15) is 13.8 Å². The molecule has 1 rings (SSSR count). The van der Waals surface area contributed by atoms with Crippen molar-refractivity contribution in [3.63, 3.8) is 0 Å². The molecule has 0 saturated heterocycles. The number of nitrogens with zero attached hydrogens (tertiary/aromatic N) is 3. The normalized spacial score (nSPS) is 9.53. The Hall–Kier alpha value is -2.00. The number of nitro groups is 1. The van der Waals surface area contributed by atoms with Crippen LogP contribution in [0.3, 0.4) is 0 Å². The number of non-ortho nitro benzene ring substituents is 1. The number of benzene rings is 1. The van der Waals surface area contributed by atoms with E-state index in [1.165, 1.54) is 12.1 Å². The monoisotopic (exact) mass is 205 g/mol. The van der Waals surface area contributed by atoms with Crippen LogP contribution in [0.15, 0.2) is 34.3 Å². The van der Waals surface area contributed by atoms with E-state index in [1.54, 1.807) is 12.1 Å². The smallest absolute Gasteiger partial charge is 0.258 e. The lowest BCUT2D eigenvalue weighted by atomic mass is 10.3. The number of hydrogen-bond acceptors (Lipinski definition) is 4. The third-order valence-corrected chi connectivity index (χ3v) is 1.56. The summed E-state index contributed by atoms with van der Waals surface area (Å²) in [5, 5.41) is 10.4.